The third-order valence-electron chi connectivity index (χ3n) is 0.313. The third kappa shape index (κ3) is 1.77. The molecule has 0 atom stereocenters. The fraction of sp³-hybridized carbons (Fsp3) is 0. The smallest absolute Gasteiger partial charge is 0.432 e. The second-order valence-corrected chi connectivity index (χ2v) is 0.786. The summed E-state index contributed by atoms with van der Waals surface area (Å²) >= 11 is 0. The lowest BCUT2D eigenvalue weighted by Gasteiger charge is -1.81. The van der Waals surface area contributed by atoms with Crippen molar-refractivity contribution in [1.82, 2.24) is 0 Å². The van der Waals surface area contributed by atoms with Gasteiger partial charge in [-0.05, 0) is 0 Å². The molecule has 0 aromatic heterocycles. The summed E-state index contributed by atoms with van der Waals surface area (Å²) in [5.41, 5.74) is 0. The SMILES string of the molecule is N#COC(=O)C(=O)O. The maximum absolute atomic E-state index is 9.70. The number of aliphatic carboxylic acids is 1. The molecule has 0 bridgehead atoms. The topological polar surface area (TPSA) is 87.4 Å². The molecule has 0 saturated heterocycles. The van der Waals surface area contributed by atoms with Crippen LogP contribution in [0.15, 0.2) is 0 Å². The van der Waals surface area contributed by atoms with Crippen LogP contribution in [-0.4, -0.2) is 17.0 Å². The lowest BCUT2D eigenvalue weighted by atomic mass is 10.7. The van der Waals surface area contributed by atoms with E-state index >= 15 is 0 Å². The van der Waals surface area contributed by atoms with Crippen LogP contribution in [0.2, 0.25) is 0 Å². The Morgan fingerprint density at radius 2 is 2.12 bits per heavy atom. The first kappa shape index (κ1) is 6.43. The van der Waals surface area contributed by atoms with Crippen molar-refractivity contribution in [3.63, 3.8) is 0 Å². The molecule has 0 aliphatic rings. The van der Waals surface area contributed by atoms with Crippen LogP contribution >= 0.6 is 0 Å². The normalized spacial score (nSPS) is 6.88. The minimum absolute atomic E-state index is 0.918. The number of rotatable bonds is 0. The van der Waals surface area contributed by atoms with Crippen molar-refractivity contribution in [3.05, 3.63) is 0 Å². The summed E-state index contributed by atoms with van der Waals surface area (Å²) < 4.78 is 3.37. The molecule has 5 heteroatoms. The van der Waals surface area contributed by atoms with Gasteiger partial charge in [0.15, 0.2) is 0 Å². The average molecular weight is 115 g/mol. The van der Waals surface area contributed by atoms with Crippen molar-refractivity contribution in [2.24, 2.45) is 0 Å². The third-order valence-corrected chi connectivity index (χ3v) is 0.313. The van der Waals surface area contributed by atoms with E-state index in [2.05, 4.69) is 4.74 Å². The van der Waals surface area contributed by atoms with Crippen LogP contribution in [0.3, 0.4) is 0 Å². The Balaban J connectivity index is 3.71. The summed E-state index contributed by atoms with van der Waals surface area (Å²) in [6.45, 7) is 0. The van der Waals surface area contributed by atoms with Crippen molar-refractivity contribution < 1.29 is 19.4 Å². The molecule has 0 rings (SSSR count). The molecular weight excluding hydrogens is 114 g/mol. The fourth-order valence-corrected chi connectivity index (χ4v) is 0.0851. The first-order valence-corrected chi connectivity index (χ1v) is 1.51. The van der Waals surface area contributed by atoms with E-state index in [-0.39, 0.29) is 0 Å². The number of ether oxygens (including phenoxy) is 1. The van der Waals surface area contributed by atoms with Crippen LogP contribution < -0.4 is 0 Å². The van der Waals surface area contributed by atoms with E-state index in [1.54, 1.807) is 0 Å². The van der Waals surface area contributed by atoms with Gasteiger partial charge in [-0.25, -0.2) is 9.59 Å². The predicted octanol–water partition coefficient (Wildman–Crippen LogP) is -0.905. The van der Waals surface area contributed by atoms with Crippen LogP contribution in [-0.2, 0) is 14.3 Å². The maximum Gasteiger partial charge on any atom is 0.432 e. The van der Waals surface area contributed by atoms with Crippen LogP contribution in [0, 0.1) is 11.5 Å². The van der Waals surface area contributed by atoms with Gasteiger partial charge in [-0.2, -0.15) is 0 Å². The molecular formula is C3HNO4. The summed E-state index contributed by atoms with van der Waals surface area (Å²) in [6, 6.07) is 0. The zero-order chi connectivity index (χ0) is 6.57. The second kappa shape index (κ2) is 2.58. The predicted molar refractivity (Wildman–Crippen MR) is 19.3 cm³/mol. The second-order valence-electron chi connectivity index (χ2n) is 0.786. The lowest BCUT2D eigenvalue weighted by Crippen LogP contribution is -2.13. The Labute approximate surface area is 44.1 Å². The fourth-order valence-electron chi connectivity index (χ4n) is 0.0851. The zero-order valence-electron chi connectivity index (χ0n) is 3.62. The van der Waals surface area contributed by atoms with E-state index in [0.717, 1.165) is 6.26 Å². The van der Waals surface area contributed by atoms with Crippen LogP contribution in [0.1, 0.15) is 0 Å². The molecule has 0 unspecified atom stereocenters. The molecule has 8 heavy (non-hydrogen) atoms. The van der Waals surface area contributed by atoms with E-state index in [1.165, 1.54) is 0 Å². The number of hydrogen-bond acceptors (Lipinski definition) is 4. The highest BCUT2D eigenvalue weighted by molar-refractivity contribution is 6.28. The van der Waals surface area contributed by atoms with Crippen molar-refractivity contribution in [3.8, 4) is 6.26 Å². The highest BCUT2D eigenvalue weighted by Crippen LogP contribution is 1.71. The number of carbonyl (C=O) groups is 2. The quantitative estimate of drug-likeness (QED) is 0.251. The Hall–Kier alpha value is -1.57. The van der Waals surface area contributed by atoms with E-state index in [9.17, 15) is 9.59 Å². The number of carboxylic acid groups (broad SMARTS) is 1. The van der Waals surface area contributed by atoms with Gasteiger partial charge in [0, 0.05) is 0 Å². The molecule has 0 aromatic rings. The highest BCUT2D eigenvalue weighted by atomic mass is 16.6. The molecule has 1 N–H and O–H groups in total. The summed E-state index contributed by atoms with van der Waals surface area (Å²) in [4.78, 5) is 19.2. The molecule has 0 heterocycles. The highest BCUT2D eigenvalue weighted by Gasteiger charge is 2.11. The minimum atomic E-state index is -1.77. The molecule has 0 spiro atoms. The summed E-state index contributed by atoms with van der Waals surface area (Å²) in [5, 5.41) is 15.2. The first-order chi connectivity index (χ1) is 3.68. The first-order valence-electron chi connectivity index (χ1n) is 1.51. The molecule has 0 saturated carbocycles. The van der Waals surface area contributed by atoms with Crippen molar-refractivity contribution in [2.75, 3.05) is 0 Å². The molecule has 5 nitrogen and oxygen atoms in total. The Morgan fingerprint density at radius 1 is 1.62 bits per heavy atom. The van der Waals surface area contributed by atoms with E-state index in [0.29, 0.717) is 0 Å². The van der Waals surface area contributed by atoms with Gasteiger partial charge in [0.2, 0.25) is 0 Å². The van der Waals surface area contributed by atoms with Gasteiger partial charge in [-0.1, -0.05) is 0 Å². The van der Waals surface area contributed by atoms with Gasteiger partial charge in [-0.15, -0.1) is 5.26 Å². The van der Waals surface area contributed by atoms with Crippen LogP contribution in [0.4, 0.5) is 0 Å². The largest absolute Gasteiger partial charge is 0.473 e. The van der Waals surface area contributed by atoms with Gasteiger partial charge in [0.25, 0.3) is 6.26 Å². The van der Waals surface area contributed by atoms with Crippen molar-refractivity contribution in [2.45, 2.75) is 0 Å². The summed E-state index contributed by atoms with van der Waals surface area (Å²) in [5.74, 6) is -3.33. The monoisotopic (exact) mass is 115 g/mol. The Morgan fingerprint density at radius 3 is 2.25 bits per heavy atom. The van der Waals surface area contributed by atoms with Crippen molar-refractivity contribution >= 4 is 11.9 Å². The van der Waals surface area contributed by atoms with Crippen molar-refractivity contribution in [1.29, 1.82) is 5.26 Å². The van der Waals surface area contributed by atoms with Crippen LogP contribution in [0.5, 0.6) is 0 Å². The average Bonchev–Trinajstić information content (AvgIpc) is 1.67. The molecule has 0 fully saturated rings. The number of nitriles is 1. The Kier molecular flexibility index (Phi) is 2.07. The Bertz CT molecular complexity index is 155. The van der Waals surface area contributed by atoms with E-state index in [1.807, 2.05) is 0 Å². The summed E-state index contributed by atoms with van der Waals surface area (Å²) in [6.07, 6.45) is 0.918. The number of carbonyl (C=O) groups excluding carboxylic acids is 1. The van der Waals surface area contributed by atoms with Crippen LogP contribution in [0.25, 0.3) is 0 Å². The summed E-state index contributed by atoms with van der Waals surface area (Å²) in [7, 11) is 0. The van der Waals surface area contributed by atoms with Gasteiger partial charge in [0.1, 0.15) is 0 Å². The standard InChI is InChI=1S/C3HNO4/c4-1-8-3(7)2(5)6/h(H,5,6). The molecule has 0 aromatic carbocycles. The molecule has 0 radical (unpaired) electrons. The minimum Gasteiger partial charge on any atom is -0.473 e. The van der Waals surface area contributed by atoms with E-state index in [4.69, 9.17) is 10.4 Å². The number of esters is 1. The van der Waals surface area contributed by atoms with Gasteiger partial charge >= 0.3 is 11.9 Å². The molecule has 0 aliphatic carbocycles. The molecule has 42 valence electrons. The molecule has 0 aliphatic heterocycles. The van der Waals surface area contributed by atoms with Gasteiger partial charge in [0.05, 0.1) is 0 Å². The maximum atomic E-state index is 9.70. The number of hydrogen-bond donors (Lipinski definition) is 1. The van der Waals surface area contributed by atoms with Gasteiger partial charge < -0.3 is 9.84 Å². The zero-order valence-corrected chi connectivity index (χ0v) is 3.62. The lowest BCUT2D eigenvalue weighted by molar-refractivity contribution is -0.159. The number of nitrogens with zero attached hydrogens (tertiary/aromatic N) is 1. The van der Waals surface area contributed by atoms with Gasteiger partial charge in [-0.3, -0.25) is 0 Å². The molecule has 0 amide bonds. The van der Waals surface area contributed by atoms with E-state index < -0.39 is 11.9 Å². The number of carboxylic acids is 1.